The maximum absolute atomic E-state index is 11.9. The molecule has 0 aliphatic heterocycles. The highest BCUT2D eigenvalue weighted by atomic mass is 16.5. The van der Waals surface area contributed by atoms with Gasteiger partial charge < -0.3 is 30.4 Å². The number of nitrogens with one attached hydrogen (secondary N) is 1. The first-order valence-corrected chi connectivity index (χ1v) is 13.8. The quantitative estimate of drug-likeness (QED) is 0.225. The van der Waals surface area contributed by atoms with E-state index in [0.29, 0.717) is 55.6 Å². The van der Waals surface area contributed by atoms with Gasteiger partial charge in [-0.15, -0.1) is 0 Å². The predicted octanol–water partition coefficient (Wildman–Crippen LogP) is 4.83. The molecule has 7 nitrogen and oxygen atoms in total. The number of benzene rings is 1. The molecule has 4 atom stereocenters. The standard InChI is InChI=1S/C30H54N2O5/c1-20(2)22(5)15-26(33)25(32-19-30(6,7)29(31)34)18-24(21(3)4)16-23-11-12-27(36-9)28(17-23)37-14-10-13-35-8/h11-12,17,20-22,24-26,32-33H,10,13-16,18-19H2,1-9H3,(H2,31,34)/t22-,24?,25?,26?/m0/s1. The van der Waals surface area contributed by atoms with Gasteiger partial charge in [0.2, 0.25) is 5.91 Å². The zero-order valence-electron chi connectivity index (χ0n) is 24.8. The normalized spacial score (nSPS) is 15.5. The minimum atomic E-state index is -0.694. The summed E-state index contributed by atoms with van der Waals surface area (Å²) in [5.74, 6) is 2.70. The summed E-state index contributed by atoms with van der Waals surface area (Å²) in [6.45, 7) is 16.3. The molecular formula is C30H54N2O5. The number of primary amides is 1. The van der Waals surface area contributed by atoms with Gasteiger partial charge in [0.15, 0.2) is 11.5 Å². The summed E-state index contributed by atoms with van der Waals surface area (Å²) in [5.41, 5.74) is 6.10. The highest BCUT2D eigenvalue weighted by Gasteiger charge is 2.31. The van der Waals surface area contributed by atoms with Crippen LogP contribution >= 0.6 is 0 Å². The van der Waals surface area contributed by atoms with Crippen LogP contribution in [0, 0.1) is 29.1 Å². The number of methoxy groups -OCH3 is 2. The van der Waals surface area contributed by atoms with E-state index in [2.05, 4.69) is 52.1 Å². The van der Waals surface area contributed by atoms with Crippen molar-refractivity contribution >= 4 is 5.91 Å². The number of rotatable bonds is 19. The number of aliphatic hydroxyl groups is 1. The predicted molar refractivity (Wildman–Crippen MR) is 151 cm³/mol. The molecule has 1 aromatic rings. The third-order valence-electron chi connectivity index (χ3n) is 7.66. The number of nitrogens with two attached hydrogens (primary N) is 1. The fourth-order valence-corrected chi connectivity index (χ4v) is 4.23. The monoisotopic (exact) mass is 522 g/mol. The number of amides is 1. The molecular weight excluding hydrogens is 468 g/mol. The van der Waals surface area contributed by atoms with Crippen LogP contribution in [0.2, 0.25) is 0 Å². The molecule has 37 heavy (non-hydrogen) atoms. The van der Waals surface area contributed by atoms with Gasteiger partial charge in [-0.25, -0.2) is 0 Å². The van der Waals surface area contributed by atoms with Gasteiger partial charge in [0, 0.05) is 32.7 Å². The third kappa shape index (κ3) is 11.6. The van der Waals surface area contributed by atoms with Crippen molar-refractivity contribution in [3.8, 4) is 11.5 Å². The SMILES string of the molecule is COCCCOc1cc(CC(CC(NCC(C)(C)C(N)=O)C(O)C[C@H](C)C(C)C)C(C)C)ccc1OC. The summed E-state index contributed by atoms with van der Waals surface area (Å²) in [6.07, 6.45) is 2.63. The van der Waals surface area contributed by atoms with Crippen LogP contribution in [0.5, 0.6) is 11.5 Å². The molecule has 1 rings (SSSR count). The van der Waals surface area contributed by atoms with Gasteiger partial charge in [-0.05, 0) is 74.5 Å². The van der Waals surface area contributed by atoms with E-state index in [4.69, 9.17) is 19.9 Å². The van der Waals surface area contributed by atoms with Gasteiger partial charge in [0.1, 0.15) is 0 Å². The fourth-order valence-electron chi connectivity index (χ4n) is 4.23. The topological polar surface area (TPSA) is 103 Å². The largest absolute Gasteiger partial charge is 0.493 e. The second-order valence-electron chi connectivity index (χ2n) is 11.9. The van der Waals surface area contributed by atoms with Crippen molar-refractivity contribution in [1.29, 1.82) is 0 Å². The summed E-state index contributed by atoms with van der Waals surface area (Å²) < 4.78 is 16.6. The molecule has 1 amide bonds. The van der Waals surface area contributed by atoms with Crippen LogP contribution in [-0.4, -0.2) is 57.1 Å². The lowest BCUT2D eigenvalue weighted by Crippen LogP contribution is -2.49. The van der Waals surface area contributed by atoms with Gasteiger partial charge >= 0.3 is 0 Å². The molecule has 3 unspecified atom stereocenters. The number of carbonyl (C=O) groups excluding carboxylic acids is 1. The van der Waals surface area contributed by atoms with Crippen molar-refractivity contribution in [2.75, 3.05) is 34.0 Å². The van der Waals surface area contributed by atoms with E-state index in [1.165, 1.54) is 5.56 Å². The molecule has 7 heteroatoms. The minimum Gasteiger partial charge on any atom is -0.493 e. The molecule has 0 spiro atoms. The Morgan fingerprint density at radius 1 is 1.03 bits per heavy atom. The summed E-state index contributed by atoms with van der Waals surface area (Å²) >= 11 is 0. The van der Waals surface area contributed by atoms with E-state index in [0.717, 1.165) is 25.0 Å². The van der Waals surface area contributed by atoms with Crippen LogP contribution in [0.3, 0.4) is 0 Å². The van der Waals surface area contributed by atoms with E-state index in [-0.39, 0.29) is 11.9 Å². The summed E-state index contributed by atoms with van der Waals surface area (Å²) in [4.78, 5) is 11.9. The van der Waals surface area contributed by atoms with Gasteiger partial charge in [0.05, 0.1) is 25.2 Å². The number of aliphatic hydroxyl groups excluding tert-OH is 1. The van der Waals surface area contributed by atoms with E-state index >= 15 is 0 Å². The first-order chi connectivity index (χ1) is 17.3. The Bertz CT molecular complexity index is 796. The second kappa shape index (κ2) is 16.2. The first-order valence-electron chi connectivity index (χ1n) is 13.8. The van der Waals surface area contributed by atoms with Crippen LogP contribution in [0.4, 0.5) is 0 Å². The molecule has 214 valence electrons. The average Bonchev–Trinajstić information content (AvgIpc) is 2.83. The van der Waals surface area contributed by atoms with E-state index in [1.54, 1.807) is 14.2 Å². The van der Waals surface area contributed by atoms with E-state index < -0.39 is 11.5 Å². The van der Waals surface area contributed by atoms with Gasteiger partial charge in [-0.2, -0.15) is 0 Å². The van der Waals surface area contributed by atoms with Crippen molar-refractivity contribution in [2.24, 2.45) is 34.8 Å². The molecule has 0 radical (unpaired) electrons. The second-order valence-corrected chi connectivity index (χ2v) is 11.9. The minimum absolute atomic E-state index is 0.143. The highest BCUT2D eigenvalue weighted by Crippen LogP contribution is 2.32. The molecule has 4 N–H and O–H groups in total. The van der Waals surface area contributed by atoms with Crippen LogP contribution in [0.15, 0.2) is 18.2 Å². The Kier molecular flexibility index (Phi) is 14.5. The number of carbonyl (C=O) groups is 1. The molecule has 0 heterocycles. The third-order valence-corrected chi connectivity index (χ3v) is 7.66. The highest BCUT2D eigenvalue weighted by molar-refractivity contribution is 5.80. The zero-order valence-corrected chi connectivity index (χ0v) is 24.8. The molecule has 0 fully saturated rings. The summed E-state index contributed by atoms with van der Waals surface area (Å²) in [5, 5.41) is 14.8. The van der Waals surface area contributed by atoms with Crippen molar-refractivity contribution in [3.63, 3.8) is 0 Å². The maximum atomic E-state index is 11.9. The smallest absolute Gasteiger partial charge is 0.224 e. The lowest BCUT2D eigenvalue weighted by atomic mass is 9.80. The van der Waals surface area contributed by atoms with Crippen molar-refractivity contribution in [1.82, 2.24) is 5.32 Å². The Morgan fingerprint density at radius 3 is 2.24 bits per heavy atom. The number of hydrogen-bond acceptors (Lipinski definition) is 6. The van der Waals surface area contributed by atoms with Gasteiger partial charge in [-0.1, -0.05) is 40.7 Å². The van der Waals surface area contributed by atoms with Crippen LogP contribution in [0.1, 0.15) is 73.3 Å². The molecule has 0 aliphatic carbocycles. The van der Waals surface area contributed by atoms with E-state index in [1.807, 2.05) is 19.9 Å². The fraction of sp³-hybridized carbons (Fsp3) is 0.767. The zero-order chi connectivity index (χ0) is 28.2. The Labute approximate surface area is 225 Å². The Balaban J connectivity index is 3.09. The first kappa shape index (κ1) is 33.2. The number of hydrogen-bond donors (Lipinski definition) is 3. The molecule has 0 saturated carbocycles. The van der Waals surface area contributed by atoms with Crippen molar-refractivity contribution in [3.05, 3.63) is 23.8 Å². The van der Waals surface area contributed by atoms with E-state index in [9.17, 15) is 9.90 Å². The van der Waals surface area contributed by atoms with Crippen molar-refractivity contribution < 1.29 is 24.1 Å². The van der Waals surface area contributed by atoms with Crippen LogP contribution in [0.25, 0.3) is 0 Å². The molecule has 0 aliphatic rings. The van der Waals surface area contributed by atoms with Crippen LogP contribution in [-0.2, 0) is 16.0 Å². The Morgan fingerprint density at radius 2 is 1.70 bits per heavy atom. The lowest BCUT2D eigenvalue weighted by molar-refractivity contribution is -0.126. The molecule has 0 aromatic heterocycles. The van der Waals surface area contributed by atoms with Crippen LogP contribution < -0.4 is 20.5 Å². The summed E-state index contributed by atoms with van der Waals surface area (Å²) in [7, 11) is 3.34. The summed E-state index contributed by atoms with van der Waals surface area (Å²) in [6, 6.07) is 5.97. The molecule has 1 aromatic carbocycles. The van der Waals surface area contributed by atoms with Gasteiger partial charge in [0.25, 0.3) is 0 Å². The average molecular weight is 523 g/mol. The molecule has 0 bridgehead atoms. The van der Waals surface area contributed by atoms with Crippen molar-refractivity contribution in [2.45, 2.75) is 86.3 Å². The maximum Gasteiger partial charge on any atom is 0.224 e. The number of ether oxygens (including phenoxy) is 3. The Hall–Kier alpha value is -1.83. The molecule has 0 saturated heterocycles. The lowest BCUT2D eigenvalue weighted by Gasteiger charge is -2.34. The van der Waals surface area contributed by atoms with Gasteiger partial charge in [-0.3, -0.25) is 4.79 Å².